The Morgan fingerprint density at radius 3 is 1.31 bits per heavy atom. The van der Waals surface area contributed by atoms with Gasteiger partial charge in [-0.25, -0.2) is 0 Å². The highest BCUT2D eigenvalue weighted by Gasteiger charge is 2.59. The molecule has 6 rings (SSSR count). The quantitative estimate of drug-likeness (QED) is 0.235. The average molecular weight is 566 g/mol. The second-order valence-corrected chi connectivity index (χ2v) is 11.1. The van der Waals surface area contributed by atoms with Crippen molar-refractivity contribution >= 4 is 0 Å². The van der Waals surface area contributed by atoms with Gasteiger partial charge in [-0.05, 0) is 22.3 Å². The first-order valence-electron chi connectivity index (χ1n) is 14.8. The van der Waals surface area contributed by atoms with E-state index in [2.05, 4.69) is 53.4 Å². The van der Waals surface area contributed by atoms with Crippen molar-refractivity contribution in [1.29, 1.82) is 0 Å². The second kappa shape index (κ2) is 14.2. The predicted octanol–water partition coefficient (Wildman–Crippen LogP) is 5.39. The van der Waals surface area contributed by atoms with Crippen LogP contribution in [0.3, 0.4) is 0 Å². The molecule has 6 atom stereocenters. The molecule has 218 valence electrons. The molecule has 4 aromatic carbocycles. The smallest absolute Gasteiger partial charge is 0.104 e. The number of aliphatic hydroxyl groups is 1. The van der Waals surface area contributed by atoms with E-state index in [9.17, 15) is 5.11 Å². The van der Waals surface area contributed by atoms with Crippen molar-refractivity contribution in [3.05, 3.63) is 144 Å². The Kier molecular flexibility index (Phi) is 9.72. The summed E-state index contributed by atoms with van der Waals surface area (Å²) in [4.78, 5) is 2.30. The largest absolute Gasteiger partial charge is 0.395 e. The monoisotopic (exact) mass is 565 g/mol. The molecule has 0 saturated carbocycles. The number of ether oxygens (including phenoxy) is 4. The first-order chi connectivity index (χ1) is 20.8. The molecule has 2 fully saturated rings. The molecule has 0 spiro atoms. The normalized spacial score (nSPS) is 25.5. The molecule has 0 radical (unpaired) electrons. The molecule has 0 amide bonds. The van der Waals surface area contributed by atoms with Crippen LogP contribution in [-0.2, 0) is 45.4 Å². The minimum absolute atomic E-state index is 0.0437. The number of benzene rings is 4. The summed E-state index contributed by atoms with van der Waals surface area (Å²) in [5.74, 6) is 0. The van der Waals surface area contributed by atoms with Crippen LogP contribution >= 0.6 is 0 Å². The van der Waals surface area contributed by atoms with E-state index in [1.54, 1.807) is 0 Å². The fraction of sp³-hybridized carbons (Fsp3) is 0.333. The lowest BCUT2D eigenvalue weighted by atomic mass is 10.0. The summed E-state index contributed by atoms with van der Waals surface area (Å²) in [5.41, 5.74) is 4.40. The SMILES string of the molecule is OC[C@@H]1[C@@H](OCc2ccccc2)[C@H](OCc2ccccc2)[C@H]2[C@H](OCc3ccccc3)[C@H](OCc3ccccc3)CN21. The number of fused-ring (bicyclic) bond motifs is 1. The third-order valence-corrected chi connectivity index (χ3v) is 8.29. The Balaban J connectivity index is 1.27. The fourth-order valence-corrected chi connectivity index (χ4v) is 6.22. The second-order valence-electron chi connectivity index (χ2n) is 11.1. The molecular weight excluding hydrogens is 526 g/mol. The standard InChI is InChI=1S/C36H39NO5/c38-22-31-34(40-24-28-15-7-2-8-16-28)36(42-26-30-19-11-4-12-20-30)33-35(41-25-29-17-9-3-10-18-29)32(21-37(31)33)39-23-27-13-5-1-6-14-27/h1-20,31-36,38H,21-26H2/t31-,32-,33-,34-,35-,36-/m1/s1. The van der Waals surface area contributed by atoms with Crippen LogP contribution in [0.5, 0.6) is 0 Å². The van der Waals surface area contributed by atoms with E-state index in [-0.39, 0.29) is 43.1 Å². The van der Waals surface area contributed by atoms with Crippen molar-refractivity contribution in [2.24, 2.45) is 0 Å². The Hall–Kier alpha value is -3.36. The van der Waals surface area contributed by atoms with E-state index in [1.807, 2.05) is 72.8 Å². The highest BCUT2D eigenvalue weighted by molar-refractivity contribution is 5.19. The summed E-state index contributed by atoms with van der Waals surface area (Å²) >= 11 is 0. The summed E-state index contributed by atoms with van der Waals surface area (Å²) in [6, 6.07) is 40.4. The van der Waals surface area contributed by atoms with E-state index in [4.69, 9.17) is 18.9 Å². The summed E-state index contributed by atoms with van der Waals surface area (Å²) in [6.07, 6.45) is -1.11. The maximum Gasteiger partial charge on any atom is 0.104 e. The van der Waals surface area contributed by atoms with Gasteiger partial charge in [0.05, 0.1) is 51.2 Å². The molecule has 2 saturated heterocycles. The minimum Gasteiger partial charge on any atom is -0.395 e. The highest BCUT2D eigenvalue weighted by atomic mass is 16.6. The molecule has 0 aliphatic carbocycles. The number of aliphatic hydroxyl groups excluding tert-OH is 1. The van der Waals surface area contributed by atoms with E-state index in [0.29, 0.717) is 33.0 Å². The molecule has 1 N–H and O–H groups in total. The number of hydrogen-bond acceptors (Lipinski definition) is 6. The molecule has 2 aliphatic heterocycles. The van der Waals surface area contributed by atoms with Gasteiger partial charge in [0.15, 0.2) is 0 Å². The molecule has 0 aromatic heterocycles. The molecule has 6 heteroatoms. The Bertz CT molecular complexity index is 1340. The van der Waals surface area contributed by atoms with Crippen molar-refractivity contribution < 1.29 is 24.1 Å². The van der Waals surface area contributed by atoms with Crippen LogP contribution < -0.4 is 0 Å². The number of hydrogen-bond donors (Lipinski definition) is 1. The summed E-state index contributed by atoms with van der Waals surface area (Å²) in [6.45, 7) is 2.42. The van der Waals surface area contributed by atoms with Crippen molar-refractivity contribution in [1.82, 2.24) is 4.90 Å². The van der Waals surface area contributed by atoms with E-state index in [0.717, 1.165) is 22.3 Å². The van der Waals surface area contributed by atoms with Gasteiger partial charge in [-0.1, -0.05) is 121 Å². The summed E-state index contributed by atoms with van der Waals surface area (Å²) in [7, 11) is 0. The van der Waals surface area contributed by atoms with Gasteiger partial charge in [0, 0.05) is 6.54 Å². The zero-order chi connectivity index (χ0) is 28.6. The number of nitrogens with zero attached hydrogens (tertiary/aromatic N) is 1. The molecule has 6 nitrogen and oxygen atoms in total. The highest BCUT2D eigenvalue weighted by Crippen LogP contribution is 2.40. The van der Waals surface area contributed by atoms with Crippen LogP contribution in [0.1, 0.15) is 22.3 Å². The zero-order valence-electron chi connectivity index (χ0n) is 23.8. The van der Waals surface area contributed by atoms with Gasteiger partial charge >= 0.3 is 0 Å². The van der Waals surface area contributed by atoms with Crippen LogP contribution in [-0.4, -0.2) is 59.7 Å². The molecular formula is C36H39NO5. The Morgan fingerprint density at radius 2 is 0.881 bits per heavy atom. The molecule has 0 unspecified atom stereocenters. The number of rotatable bonds is 13. The topological polar surface area (TPSA) is 60.4 Å². The fourth-order valence-electron chi connectivity index (χ4n) is 6.22. The third-order valence-electron chi connectivity index (χ3n) is 8.29. The lowest BCUT2D eigenvalue weighted by Gasteiger charge is -2.31. The van der Waals surface area contributed by atoms with Crippen molar-refractivity contribution in [3.63, 3.8) is 0 Å². The Labute approximate surface area is 248 Å². The van der Waals surface area contributed by atoms with Crippen LogP contribution in [0, 0.1) is 0 Å². The first kappa shape index (κ1) is 28.7. The van der Waals surface area contributed by atoms with Crippen LogP contribution in [0.2, 0.25) is 0 Å². The molecule has 2 aliphatic rings. The van der Waals surface area contributed by atoms with Gasteiger partial charge in [0.2, 0.25) is 0 Å². The molecule has 2 heterocycles. The van der Waals surface area contributed by atoms with Crippen molar-refractivity contribution in [2.75, 3.05) is 13.2 Å². The molecule has 0 bridgehead atoms. The third kappa shape index (κ3) is 6.81. The predicted molar refractivity (Wildman–Crippen MR) is 161 cm³/mol. The maximum atomic E-state index is 10.7. The van der Waals surface area contributed by atoms with E-state index >= 15 is 0 Å². The molecule has 42 heavy (non-hydrogen) atoms. The maximum absolute atomic E-state index is 10.7. The Morgan fingerprint density at radius 1 is 0.500 bits per heavy atom. The van der Waals surface area contributed by atoms with Gasteiger partial charge in [-0.2, -0.15) is 0 Å². The van der Waals surface area contributed by atoms with Crippen LogP contribution in [0.25, 0.3) is 0 Å². The van der Waals surface area contributed by atoms with Gasteiger partial charge in [-0.15, -0.1) is 0 Å². The zero-order valence-corrected chi connectivity index (χ0v) is 23.8. The van der Waals surface area contributed by atoms with Crippen molar-refractivity contribution in [2.45, 2.75) is 62.9 Å². The first-order valence-corrected chi connectivity index (χ1v) is 14.8. The lowest BCUT2D eigenvalue weighted by Crippen LogP contribution is -2.46. The van der Waals surface area contributed by atoms with E-state index < -0.39 is 0 Å². The average Bonchev–Trinajstić information content (AvgIpc) is 3.55. The lowest BCUT2D eigenvalue weighted by molar-refractivity contribution is -0.122. The van der Waals surface area contributed by atoms with Crippen LogP contribution in [0.4, 0.5) is 0 Å². The minimum atomic E-state index is -0.332. The van der Waals surface area contributed by atoms with Gasteiger partial charge in [0.1, 0.15) is 18.3 Å². The van der Waals surface area contributed by atoms with Gasteiger partial charge in [-0.3, -0.25) is 4.90 Å². The summed E-state index contributed by atoms with van der Waals surface area (Å²) in [5, 5.41) is 10.7. The van der Waals surface area contributed by atoms with E-state index in [1.165, 1.54) is 0 Å². The van der Waals surface area contributed by atoms with Crippen LogP contribution in [0.15, 0.2) is 121 Å². The van der Waals surface area contributed by atoms with Gasteiger partial charge < -0.3 is 24.1 Å². The summed E-state index contributed by atoms with van der Waals surface area (Å²) < 4.78 is 26.6. The van der Waals surface area contributed by atoms with Crippen molar-refractivity contribution in [3.8, 4) is 0 Å². The van der Waals surface area contributed by atoms with Gasteiger partial charge in [0.25, 0.3) is 0 Å². The molecule has 4 aromatic rings.